The number of benzene rings is 1. The summed E-state index contributed by atoms with van der Waals surface area (Å²) in [7, 11) is 3.41. The molecule has 0 bridgehead atoms. The van der Waals surface area contributed by atoms with Crippen molar-refractivity contribution in [3.8, 4) is 0 Å². The van der Waals surface area contributed by atoms with Gasteiger partial charge in [-0.1, -0.05) is 17.7 Å². The van der Waals surface area contributed by atoms with Gasteiger partial charge in [0.05, 0.1) is 7.11 Å². The van der Waals surface area contributed by atoms with Gasteiger partial charge in [-0.15, -0.1) is 0 Å². The van der Waals surface area contributed by atoms with Crippen molar-refractivity contribution in [2.75, 3.05) is 25.6 Å². The van der Waals surface area contributed by atoms with Crippen molar-refractivity contribution in [1.29, 1.82) is 0 Å². The van der Waals surface area contributed by atoms with Gasteiger partial charge in [-0.25, -0.2) is 0 Å². The first-order valence-corrected chi connectivity index (χ1v) is 6.52. The lowest BCUT2D eigenvalue weighted by Crippen LogP contribution is -2.46. The van der Waals surface area contributed by atoms with Crippen LogP contribution in [0.4, 0.5) is 5.69 Å². The molecule has 19 heavy (non-hydrogen) atoms. The molecule has 2 N–H and O–H groups in total. The first-order valence-electron chi connectivity index (χ1n) is 6.52. The predicted molar refractivity (Wildman–Crippen MR) is 78.3 cm³/mol. The van der Waals surface area contributed by atoms with E-state index in [4.69, 9.17) is 10.5 Å². The topological polar surface area (TPSA) is 55.6 Å². The maximum atomic E-state index is 11.5. The zero-order chi connectivity index (χ0) is 14.5. The highest BCUT2D eigenvalue weighted by Gasteiger charge is 2.28. The van der Waals surface area contributed by atoms with Gasteiger partial charge in [0.15, 0.2) is 0 Å². The number of anilines is 1. The summed E-state index contributed by atoms with van der Waals surface area (Å²) in [5, 5.41) is 0. The Kier molecular flexibility index (Phi) is 5.36. The molecule has 4 nitrogen and oxygen atoms in total. The molecule has 0 saturated heterocycles. The summed E-state index contributed by atoms with van der Waals surface area (Å²) in [6, 6.07) is 8.37. The Labute approximate surface area is 115 Å². The number of rotatable bonds is 6. The minimum Gasteiger partial charge on any atom is -0.468 e. The van der Waals surface area contributed by atoms with Gasteiger partial charge in [-0.2, -0.15) is 0 Å². The van der Waals surface area contributed by atoms with Gasteiger partial charge in [0, 0.05) is 19.3 Å². The standard InChI is InChI=1S/C15H24N2O2/c1-12-6-8-13(9-7-12)17(3)11-5-10-15(2,16)14(18)19-4/h6-9H,5,10-11,16H2,1-4H3. The summed E-state index contributed by atoms with van der Waals surface area (Å²) in [6.07, 6.45) is 1.45. The highest BCUT2D eigenvalue weighted by Crippen LogP contribution is 2.16. The average Bonchev–Trinajstić information content (AvgIpc) is 2.38. The summed E-state index contributed by atoms with van der Waals surface area (Å²) < 4.78 is 4.69. The molecule has 0 fully saturated rings. The van der Waals surface area contributed by atoms with Crippen molar-refractivity contribution in [3.05, 3.63) is 29.8 Å². The van der Waals surface area contributed by atoms with Crippen molar-refractivity contribution >= 4 is 11.7 Å². The first-order chi connectivity index (χ1) is 8.86. The van der Waals surface area contributed by atoms with Gasteiger partial charge in [-0.05, 0) is 38.8 Å². The monoisotopic (exact) mass is 264 g/mol. The molecule has 1 unspecified atom stereocenters. The molecular weight excluding hydrogens is 240 g/mol. The van der Waals surface area contributed by atoms with Crippen molar-refractivity contribution < 1.29 is 9.53 Å². The summed E-state index contributed by atoms with van der Waals surface area (Å²) in [6.45, 7) is 4.64. The molecule has 1 atom stereocenters. The molecule has 0 spiro atoms. The smallest absolute Gasteiger partial charge is 0.325 e. The van der Waals surface area contributed by atoms with E-state index in [1.807, 2.05) is 7.05 Å². The second kappa shape index (κ2) is 6.57. The van der Waals surface area contributed by atoms with Gasteiger partial charge < -0.3 is 15.4 Å². The second-order valence-corrected chi connectivity index (χ2v) is 5.27. The number of aryl methyl sites for hydroxylation is 1. The third-order valence-electron chi connectivity index (χ3n) is 3.32. The fraction of sp³-hybridized carbons (Fsp3) is 0.533. The van der Waals surface area contributed by atoms with Crippen LogP contribution in [0.2, 0.25) is 0 Å². The van der Waals surface area contributed by atoms with E-state index in [1.165, 1.54) is 18.4 Å². The summed E-state index contributed by atoms with van der Waals surface area (Å²) >= 11 is 0. The number of esters is 1. The fourth-order valence-electron chi connectivity index (χ4n) is 1.95. The van der Waals surface area contributed by atoms with Crippen LogP contribution in [0.5, 0.6) is 0 Å². The molecule has 0 aliphatic heterocycles. The van der Waals surface area contributed by atoms with Gasteiger partial charge in [0.25, 0.3) is 0 Å². The maximum absolute atomic E-state index is 11.5. The van der Waals surface area contributed by atoms with Gasteiger partial charge in [0.2, 0.25) is 0 Å². The summed E-state index contributed by atoms with van der Waals surface area (Å²) in [5.41, 5.74) is 7.44. The molecule has 0 amide bonds. The van der Waals surface area contributed by atoms with Crippen LogP contribution in [0.15, 0.2) is 24.3 Å². The molecule has 0 aromatic heterocycles. The van der Waals surface area contributed by atoms with Gasteiger partial charge in [-0.3, -0.25) is 4.79 Å². The molecular formula is C15H24N2O2. The minimum atomic E-state index is -0.900. The molecule has 106 valence electrons. The Morgan fingerprint density at radius 2 is 1.95 bits per heavy atom. The molecule has 0 radical (unpaired) electrons. The Bertz CT molecular complexity index is 413. The van der Waals surface area contributed by atoms with Crippen molar-refractivity contribution in [1.82, 2.24) is 0 Å². The number of carbonyl (C=O) groups excluding carboxylic acids is 1. The lowest BCUT2D eigenvalue weighted by atomic mass is 9.97. The Morgan fingerprint density at radius 3 is 2.47 bits per heavy atom. The van der Waals surface area contributed by atoms with E-state index in [0.29, 0.717) is 6.42 Å². The molecule has 0 aliphatic rings. The number of nitrogens with two attached hydrogens (primary N) is 1. The van der Waals surface area contributed by atoms with E-state index in [2.05, 4.69) is 36.1 Å². The van der Waals surface area contributed by atoms with Crippen LogP contribution in [0.25, 0.3) is 0 Å². The van der Waals surface area contributed by atoms with E-state index in [1.54, 1.807) is 6.92 Å². The van der Waals surface area contributed by atoms with Crippen LogP contribution in [0.1, 0.15) is 25.3 Å². The predicted octanol–water partition coefficient (Wildman–Crippen LogP) is 2.10. The van der Waals surface area contributed by atoms with Crippen molar-refractivity contribution in [2.24, 2.45) is 5.73 Å². The number of ether oxygens (including phenoxy) is 1. The highest BCUT2D eigenvalue weighted by atomic mass is 16.5. The summed E-state index contributed by atoms with van der Waals surface area (Å²) in [5.74, 6) is -0.356. The first kappa shape index (κ1) is 15.5. The van der Waals surface area contributed by atoms with Crippen LogP contribution in [-0.4, -0.2) is 32.2 Å². The fourth-order valence-corrected chi connectivity index (χ4v) is 1.95. The van der Waals surface area contributed by atoms with Gasteiger partial charge >= 0.3 is 5.97 Å². The number of nitrogens with zero attached hydrogens (tertiary/aromatic N) is 1. The molecule has 4 heteroatoms. The summed E-state index contributed by atoms with van der Waals surface area (Å²) in [4.78, 5) is 13.6. The van der Waals surface area contributed by atoms with Gasteiger partial charge in [0.1, 0.15) is 5.54 Å². The van der Waals surface area contributed by atoms with E-state index in [0.717, 1.165) is 13.0 Å². The third-order valence-corrected chi connectivity index (χ3v) is 3.32. The van der Waals surface area contributed by atoms with Crippen LogP contribution in [0, 0.1) is 6.92 Å². The highest BCUT2D eigenvalue weighted by molar-refractivity contribution is 5.79. The number of methoxy groups -OCH3 is 1. The number of carbonyl (C=O) groups is 1. The largest absolute Gasteiger partial charge is 0.468 e. The molecule has 1 aromatic rings. The second-order valence-electron chi connectivity index (χ2n) is 5.27. The molecule has 1 rings (SSSR count). The third kappa shape index (κ3) is 4.56. The van der Waals surface area contributed by atoms with Crippen LogP contribution < -0.4 is 10.6 Å². The molecule has 0 heterocycles. The quantitative estimate of drug-likeness (QED) is 0.799. The van der Waals surface area contributed by atoms with Crippen LogP contribution in [0.3, 0.4) is 0 Å². The zero-order valence-corrected chi connectivity index (χ0v) is 12.3. The normalized spacial score (nSPS) is 13.7. The number of hydrogen-bond acceptors (Lipinski definition) is 4. The van der Waals surface area contributed by atoms with E-state index in [9.17, 15) is 4.79 Å². The minimum absolute atomic E-state index is 0.356. The van der Waals surface area contributed by atoms with Crippen LogP contribution in [-0.2, 0) is 9.53 Å². The Balaban J connectivity index is 2.45. The van der Waals surface area contributed by atoms with Crippen molar-refractivity contribution in [3.63, 3.8) is 0 Å². The molecule has 1 aromatic carbocycles. The lowest BCUT2D eigenvalue weighted by molar-refractivity contribution is -0.146. The van der Waals surface area contributed by atoms with E-state index < -0.39 is 5.54 Å². The Morgan fingerprint density at radius 1 is 1.37 bits per heavy atom. The average molecular weight is 264 g/mol. The maximum Gasteiger partial charge on any atom is 0.325 e. The zero-order valence-electron chi connectivity index (χ0n) is 12.3. The number of hydrogen-bond donors (Lipinski definition) is 1. The van der Waals surface area contributed by atoms with E-state index >= 15 is 0 Å². The SMILES string of the molecule is COC(=O)C(C)(N)CCCN(C)c1ccc(C)cc1. The Hall–Kier alpha value is -1.55. The van der Waals surface area contributed by atoms with Crippen molar-refractivity contribution in [2.45, 2.75) is 32.2 Å². The van der Waals surface area contributed by atoms with E-state index in [-0.39, 0.29) is 5.97 Å². The lowest BCUT2D eigenvalue weighted by Gasteiger charge is -2.24. The molecule has 0 saturated carbocycles. The van der Waals surface area contributed by atoms with Crippen LogP contribution >= 0.6 is 0 Å². The molecule has 0 aliphatic carbocycles.